The van der Waals surface area contributed by atoms with Crippen molar-refractivity contribution in [2.45, 2.75) is 20.6 Å². The van der Waals surface area contributed by atoms with Gasteiger partial charge in [0, 0.05) is 23.5 Å². The van der Waals surface area contributed by atoms with Crippen LogP contribution in [-0.2, 0) is 0 Å². The Kier molecular flexibility index (Phi) is 1.70. The topological polar surface area (TPSA) is 25.8 Å². The van der Waals surface area contributed by atoms with Crippen molar-refractivity contribution in [3.8, 4) is 22.3 Å². The molecule has 0 unspecified atom stereocenters. The van der Waals surface area contributed by atoms with Crippen molar-refractivity contribution in [3.63, 3.8) is 0 Å². The minimum atomic E-state index is -2.66. The van der Waals surface area contributed by atoms with Gasteiger partial charge in [-0.15, -0.1) is 0 Å². The minimum absolute atomic E-state index is 0.0843. The fraction of sp³-hybridized carbons (Fsp3) is 0.158. The number of aromatic nitrogens is 2. The van der Waals surface area contributed by atoms with E-state index >= 15 is 0 Å². The van der Waals surface area contributed by atoms with Crippen molar-refractivity contribution < 1.29 is 12.3 Å². The Hall–Kier alpha value is -2.48. The maximum atomic E-state index is 7.89. The van der Waals surface area contributed by atoms with Crippen LogP contribution in [0, 0.1) is 20.6 Å². The van der Waals surface area contributed by atoms with Crippen molar-refractivity contribution >= 4 is 0 Å². The average Bonchev–Trinajstić information content (AvgIpc) is 2.65. The molecule has 2 heteroatoms. The van der Waals surface area contributed by atoms with Crippen LogP contribution in [-0.4, -0.2) is 10.2 Å². The second-order valence-electron chi connectivity index (χ2n) is 4.59. The van der Waals surface area contributed by atoms with Gasteiger partial charge in [0.25, 0.3) is 0 Å². The molecule has 0 radical (unpaired) electrons. The minimum Gasteiger partial charge on any atom is -0.155 e. The quantitative estimate of drug-likeness (QED) is 0.679. The van der Waals surface area contributed by atoms with Gasteiger partial charge in [-0.05, 0) is 31.7 Å². The largest absolute Gasteiger partial charge is 0.155 e. The summed E-state index contributed by atoms with van der Waals surface area (Å²) < 4.78 is 69.9. The van der Waals surface area contributed by atoms with Crippen molar-refractivity contribution in [3.05, 3.63) is 71.5 Å². The molecule has 0 aliphatic carbocycles. The Labute approximate surface area is 138 Å². The molecule has 0 fully saturated rings. The highest BCUT2D eigenvalue weighted by Crippen LogP contribution is 2.35. The van der Waals surface area contributed by atoms with Crippen LogP contribution in [0.15, 0.2) is 54.6 Å². The summed E-state index contributed by atoms with van der Waals surface area (Å²) in [4.78, 5) is 0. The third kappa shape index (κ3) is 2.57. The molecule has 0 saturated carbocycles. The molecule has 1 aromatic heterocycles. The third-order valence-electron chi connectivity index (χ3n) is 3.21. The molecule has 2 nitrogen and oxygen atoms in total. The lowest BCUT2D eigenvalue weighted by atomic mass is 9.92. The van der Waals surface area contributed by atoms with E-state index in [9.17, 15) is 0 Å². The Bertz CT molecular complexity index is 1040. The molecule has 104 valence electrons. The van der Waals surface area contributed by atoms with Crippen LogP contribution in [0.1, 0.15) is 29.3 Å². The highest BCUT2D eigenvalue weighted by atomic mass is 15.1. The first-order chi connectivity index (χ1) is 13.8. The van der Waals surface area contributed by atoms with Gasteiger partial charge in [0.05, 0.1) is 11.4 Å². The van der Waals surface area contributed by atoms with E-state index < -0.39 is 20.6 Å². The van der Waals surface area contributed by atoms with Gasteiger partial charge in [-0.1, -0.05) is 60.2 Å². The average molecular weight is 283 g/mol. The molecule has 0 spiro atoms. The van der Waals surface area contributed by atoms with E-state index in [-0.39, 0.29) is 28.1 Å². The van der Waals surface area contributed by atoms with Crippen LogP contribution in [0.4, 0.5) is 0 Å². The van der Waals surface area contributed by atoms with E-state index in [0.717, 1.165) is 0 Å². The number of nitrogens with zero attached hydrogens (tertiary/aromatic N) is 2. The van der Waals surface area contributed by atoms with Crippen LogP contribution in [0.3, 0.4) is 0 Å². The third-order valence-corrected chi connectivity index (χ3v) is 3.21. The summed E-state index contributed by atoms with van der Waals surface area (Å²) in [6, 6.07) is 14.2. The standard InChI is InChI=1S/C19H18N2/c1-13-9-11-17(12-10-13)19-15(3)21-20-14(2)18(19)16-7-5-4-6-8-16/h4-12H,1-3H3/i1D3,2D3,3D3. The summed E-state index contributed by atoms with van der Waals surface area (Å²) >= 11 is 0. The second kappa shape index (κ2) is 5.49. The Morgan fingerprint density at radius 3 is 1.76 bits per heavy atom. The molecule has 3 aromatic rings. The highest BCUT2D eigenvalue weighted by Gasteiger charge is 2.15. The molecule has 2 aromatic carbocycles. The first-order valence-corrected chi connectivity index (χ1v) is 6.38. The van der Waals surface area contributed by atoms with Crippen molar-refractivity contribution in [1.82, 2.24) is 10.2 Å². The zero-order chi connectivity index (χ0) is 22.3. The van der Waals surface area contributed by atoms with Gasteiger partial charge < -0.3 is 0 Å². The van der Waals surface area contributed by atoms with Crippen molar-refractivity contribution in [1.29, 1.82) is 0 Å². The van der Waals surface area contributed by atoms with E-state index in [1.54, 1.807) is 30.3 Å². The Morgan fingerprint density at radius 1 is 0.667 bits per heavy atom. The Morgan fingerprint density at radius 2 is 1.24 bits per heavy atom. The zero-order valence-electron chi connectivity index (χ0n) is 20.1. The summed E-state index contributed by atoms with van der Waals surface area (Å²) in [6.07, 6.45) is 0. The summed E-state index contributed by atoms with van der Waals surface area (Å²) in [6.45, 7) is -7.63. The summed E-state index contributed by atoms with van der Waals surface area (Å²) in [5.74, 6) is 0. The summed E-state index contributed by atoms with van der Waals surface area (Å²) in [5.41, 5.74) is 0.457. The van der Waals surface area contributed by atoms with E-state index in [1.807, 2.05) is 0 Å². The van der Waals surface area contributed by atoms with Gasteiger partial charge in [0.15, 0.2) is 0 Å². The van der Waals surface area contributed by atoms with E-state index in [0.29, 0.717) is 11.1 Å². The normalized spacial score (nSPS) is 18.8. The molecule has 0 N–H and O–H groups in total. The van der Waals surface area contributed by atoms with Gasteiger partial charge in [-0.3, -0.25) is 0 Å². The number of rotatable bonds is 2. The predicted octanol–water partition coefficient (Wildman–Crippen LogP) is 4.74. The van der Waals surface area contributed by atoms with Crippen molar-refractivity contribution in [2.24, 2.45) is 0 Å². The van der Waals surface area contributed by atoms with Crippen LogP contribution in [0.25, 0.3) is 22.3 Å². The SMILES string of the molecule is [2H]C([2H])([2H])c1ccc(-c2c(C([2H])([2H])[2H])nnc(C([2H])([2H])[2H])c2-c2ccccc2)cc1. The van der Waals surface area contributed by atoms with Gasteiger partial charge in [-0.2, -0.15) is 10.2 Å². The molecule has 0 saturated heterocycles. The maximum Gasteiger partial charge on any atom is 0.0684 e. The molecule has 0 aliphatic rings. The van der Waals surface area contributed by atoms with Gasteiger partial charge in [0.1, 0.15) is 0 Å². The maximum absolute atomic E-state index is 7.89. The lowest BCUT2D eigenvalue weighted by Crippen LogP contribution is -1.99. The van der Waals surface area contributed by atoms with Gasteiger partial charge in [-0.25, -0.2) is 0 Å². The van der Waals surface area contributed by atoms with Gasteiger partial charge >= 0.3 is 0 Å². The van der Waals surface area contributed by atoms with E-state index in [4.69, 9.17) is 12.3 Å². The molecular formula is C19H18N2. The fourth-order valence-corrected chi connectivity index (χ4v) is 2.24. The molecule has 0 amide bonds. The van der Waals surface area contributed by atoms with Crippen molar-refractivity contribution in [2.75, 3.05) is 0 Å². The summed E-state index contributed by atoms with van der Waals surface area (Å²) in [7, 11) is 0. The predicted molar refractivity (Wildman–Crippen MR) is 87.1 cm³/mol. The van der Waals surface area contributed by atoms with Crippen LogP contribution in [0.5, 0.6) is 0 Å². The number of benzene rings is 2. The molecule has 0 aliphatic heterocycles. The zero-order valence-corrected chi connectivity index (χ0v) is 11.1. The fourth-order valence-electron chi connectivity index (χ4n) is 2.24. The molecule has 21 heavy (non-hydrogen) atoms. The lowest BCUT2D eigenvalue weighted by Gasteiger charge is -2.14. The first-order valence-electron chi connectivity index (χ1n) is 10.9. The van der Waals surface area contributed by atoms with Crippen LogP contribution in [0.2, 0.25) is 0 Å². The summed E-state index contributed by atoms with van der Waals surface area (Å²) in [5, 5.41) is 7.54. The monoisotopic (exact) mass is 283 g/mol. The molecule has 0 atom stereocenters. The molecule has 0 bridgehead atoms. The lowest BCUT2D eigenvalue weighted by molar-refractivity contribution is 0.946. The highest BCUT2D eigenvalue weighted by molar-refractivity contribution is 5.85. The van der Waals surface area contributed by atoms with Gasteiger partial charge in [0.2, 0.25) is 0 Å². The number of aryl methyl sites for hydroxylation is 3. The molecule has 1 heterocycles. The van der Waals surface area contributed by atoms with E-state index in [2.05, 4.69) is 10.2 Å². The number of hydrogen-bond donors (Lipinski definition) is 0. The smallest absolute Gasteiger partial charge is 0.0684 e. The van der Waals surface area contributed by atoms with Crippen LogP contribution >= 0.6 is 0 Å². The Balaban J connectivity index is 2.41. The second-order valence-corrected chi connectivity index (χ2v) is 4.59. The molecule has 3 rings (SSSR count). The number of hydrogen-bond acceptors (Lipinski definition) is 2. The molecular weight excluding hydrogens is 256 g/mol. The van der Waals surface area contributed by atoms with Crippen LogP contribution < -0.4 is 0 Å². The van der Waals surface area contributed by atoms with E-state index in [1.165, 1.54) is 24.3 Å². The first kappa shape index (κ1) is 6.52.